The van der Waals surface area contributed by atoms with Crippen LogP contribution in [0.25, 0.3) is 11.3 Å². The molecule has 0 aliphatic heterocycles. The van der Waals surface area contributed by atoms with Gasteiger partial charge in [0.2, 0.25) is 5.91 Å². The molecular formula is C18H20N4O2S. The number of hydrogen-bond acceptors (Lipinski definition) is 5. The van der Waals surface area contributed by atoms with Gasteiger partial charge in [-0.25, -0.2) is 9.97 Å². The third-order valence-corrected chi connectivity index (χ3v) is 5.08. The van der Waals surface area contributed by atoms with Crippen LogP contribution in [0.5, 0.6) is 5.75 Å². The van der Waals surface area contributed by atoms with E-state index in [0.29, 0.717) is 5.13 Å². The quantitative estimate of drug-likeness (QED) is 0.730. The Balaban J connectivity index is 1.81. The summed E-state index contributed by atoms with van der Waals surface area (Å²) in [5.41, 5.74) is 1.91. The number of carbonyl (C=O) groups excluding carboxylic acids is 1. The summed E-state index contributed by atoms with van der Waals surface area (Å²) in [5.74, 6) is 0.690. The number of aromatic nitrogens is 3. The first-order valence-electron chi connectivity index (χ1n) is 8.04. The molecule has 0 fully saturated rings. The number of carbonyl (C=O) groups is 1. The fraction of sp³-hybridized carbons (Fsp3) is 0.278. The van der Waals surface area contributed by atoms with Gasteiger partial charge < -0.3 is 14.6 Å². The topological polar surface area (TPSA) is 69.0 Å². The molecule has 3 rings (SSSR count). The van der Waals surface area contributed by atoms with Crippen molar-refractivity contribution in [3.63, 3.8) is 0 Å². The average molecular weight is 356 g/mol. The summed E-state index contributed by atoms with van der Waals surface area (Å²) < 4.78 is 6.96. The number of anilines is 1. The van der Waals surface area contributed by atoms with Crippen LogP contribution >= 0.6 is 11.3 Å². The molecule has 130 valence electrons. The molecule has 1 N–H and O–H groups in total. The highest BCUT2D eigenvalue weighted by Crippen LogP contribution is 2.32. The van der Waals surface area contributed by atoms with Crippen molar-refractivity contribution in [2.75, 3.05) is 12.4 Å². The Kier molecular flexibility index (Phi) is 5.14. The normalized spacial score (nSPS) is 12.0. The summed E-state index contributed by atoms with van der Waals surface area (Å²) in [5, 5.41) is 3.52. The summed E-state index contributed by atoms with van der Waals surface area (Å²) >= 11 is 1.51. The second-order valence-corrected chi connectivity index (χ2v) is 6.63. The number of aryl methyl sites for hydroxylation is 1. The molecule has 0 unspecified atom stereocenters. The van der Waals surface area contributed by atoms with Crippen molar-refractivity contribution in [3.8, 4) is 17.0 Å². The van der Waals surface area contributed by atoms with Crippen LogP contribution in [0, 0.1) is 0 Å². The fourth-order valence-electron chi connectivity index (χ4n) is 2.46. The van der Waals surface area contributed by atoms with Gasteiger partial charge in [0.05, 0.1) is 19.1 Å². The Hall–Kier alpha value is -2.67. The fourth-order valence-corrected chi connectivity index (χ4v) is 3.39. The molecule has 0 bridgehead atoms. The molecule has 0 saturated carbocycles. The summed E-state index contributed by atoms with van der Waals surface area (Å²) in [6, 6.07) is 7.43. The Morgan fingerprint density at radius 2 is 2.12 bits per heavy atom. The van der Waals surface area contributed by atoms with Crippen molar-refractivity contribution in [2.24, 2.45) is 0 Å². The lowest BCUT2D eigenvalue weighted by Gasteiger charge is -2.11. The highest BCUT2D eigenvalue weighted by atomic mass is 32.1. The molecule has 0 spiro atoms. The minimum absolute atomic E-state index is 0.115. The lowest BCUT2D eigenvalue weighted by molar-refractivity contribution is -0.118. The Morgan fingerprint density at radius 1 is 1.36 bits per heavy atom. The van der Waals surface area contributed by atoms with Gasteiger partial charge in [-0.15, -0.1) is 11.3 Å². The third-order valence-electron chi connectivity index (χ3n) is 3.96. The third kappa shape index (κ3) is 3.71. The maximum Gasteiger partial charge on any atom is 0.248 e. The van der Waals surface area contributed by atoms with Gasteiger partial charge in [-0.05, 0) is 37.6 Å². The molecule has 2 aromatic heterocycles. The smallest absolute Gasteiger partial charge is 0.248 e. The molecular weight excluding hydrogens is 336 g/mol. The average Bonchev–Trinajstić information content (AvgIpc) is 3.31. The maximum atomic E-state index is 12.4. The van der Waals surface area contributed by atoms with Gasteiger partial charge in [0.25, 0.3) is 0 Å². The zero-order chi connectivity index (χ0) is 17.8. The predicted molar refractivity (Wildman–Crippen MR) is 99.0 cm³/mol. The van der Waals surface area contributed by atoms with Gasteiger partial charge >= 0.3 is 0 Å². The summed E-state index contributed by atoms with van der Waals surface area (Å²) in [4.78, 5) is 22.2. The molecule has 0 radical (unpaired) electrons. The number of nitrogens with one attached hydrogen (secondary N) is 1. The number of ether oxygens (including phenoxy) is 1. The Labute approximate surface area is 150 Å². The molecule has 0 aliphatic carbocycles. The van der Waals surface area contributed by atoms with E-state index in [2.05, 4.69) is 22.2 Å². The van der Waals surface area contributed by atoms with Gasteiger partial charge in [0.15, 0.2) is 5.13 Å². The van der Waals surface area contributed by atoms with Gasteiger partial charge in [0, 0.05) is 22.8 Å². The van der Waals surface area contributed by atoms with Crippen molar-refractivity contribution in [3.05, 3.63) is 47.9 Å². The lowest BCUT2D eigenvalue weighted by atomic mass is 10.1. The second-order valence-electron chi connectivity index (χ2n) is 5.55. The van der Waals surface area contributed by atoms with E-state index in [1.54, 1.807) is 30.4 Å². The summed E-state index contributed by atoms with van der Waals surface area (Å²) in [6.45, 7) is 3.91. The molecule has 1 amide bonds. The number of methoxy groups -OCH3 is 1. The van der Waals surface area contributed by atoms with Crippen LogP contribution in [0.3, 0.4) is 0 Å². The molecule has 25 heavy (non-hydrogen) atoms. The highest BCUT2D eigenvalue weighted by Gasteiger charge is 2.18. The molecule has 0 saturated heterocycles. The first-order valence-corrected chi connectivity index (χ1v) is 8.86. The number of benzene rings is 1. The number of amides is 1. The zero-order valence-corrected chi connectivity index (χ0v) is 15.2. The monoisotopic (exact) mass is 356 g/mol. The van der Waals surface area contributed by atoms with E-state index in [1.165, 1.54) is 11.3 Å². The Bertz CT molecular complexity index is 841. The molecule has 2 heterocycles. The molecule has 6 nitrogen and oxygen atoms in total. The number of hydrogen-bond donors (Lipinski definition) is 1. The largest absolute Gasteiger partial charge is 0.497 e. The molecule has 0 aliphatic rings. The van der Waals surface area contributed by atoms with Crippen molar-refractivity contribution in [2.45, 2.75) is 26.3 Å². The van der Waals surface area contributed by atoms with E-state index in [1.807, 2.05) is 31.2 Å². The number of rotatable bonds is 6. The minimum Gasteiger partial charge on any atom is -0.497 e. The number of nitrogens with zero attached hydrogens (tertiary/aromatic N) is 3. The predicted octanol–water partition coefficient (Wildman–Crippen LogP) is 3.78. The van der Waals surface area contributed by atoms with Crippen LogP contribution in [0.15, 0.2) is 43.0 Å². The molecule has 3 aromatic rings. The van der Waals surface area contributed by atoms with Gasteiger partial charge in [0.1, 0.15) is 11.8 Å². The van der Waals surface area contributed by atoms with Crippen LogP contribution in [0.2, 0.25) is 0 Å². The van der Waals surface area contributed by atoms with Crippen LogP contribution < -0.4 is 10.1 Å². The Morgan fingerprint density at radius 3 is 2.72 bits per heavy atom. The molecule has 1 atom stereocenters. The van der Waals surface area contributed by atoms with Crippen LogP contribution in [-0.4, -0.2) is 27.6 Å². The lowest BCUT2D eigenvalue weighted by Crippen LogP contribution is -2.22. The van der Waals surface area contributed by atoms with Crippen molar-refractivity contribution < 1.29 is 9.53 Å². The van der Waals surface area contributed by atoms with E-state index >= 15 is 0 Å². The van der Waals surface area contributed by atoms with E-state index in [0.717, 1.165) is 28.3 Å². The van der Waals surface area contributed by atoms with E-state index < -0.39 is 0 Å². The van der Waals surface area contributed by atoms with Crippen LogP contribution in [0.1, 0.15) is 24.8 Å². The van der Waals surface area contributed by atoms with Crippen molar-refractivity contribution >= 4 is 22.4 Å². The zero-order valence-electron chi connectivity index (χ0n) is 14.4. The standard InChI is InChI=1S/C18H20N4O2S/c1-4-15-16(13-5-7-14(24-3)8-6-13)20-18(25-15)21-17(23)12(2)22-10-9-19-11-22/h5-12H,4H2,1-3H3,(H,20,21,23)/t12-/m1/s1. The van der Waals surface area contributed by atoms with E-state index in [4.69, 9.17) is 4.74 Å². The number of thiazole rings is 1. The van der Waals surface area contributed by atoms with Crippen LogP contribution in [0.4, 0.5) is 5.13 Å². The SMILES string of the molecule is CCc1sc(NC(=O)[C@@H](C)n2ccnc2)nc1-c1ccc(OC)cc1. The van der Waals surface area contributed by atoms with E-state index in [9.17, 15) is 4.79 Å². The first kappa shape index (κ1) is 17.2. The van der Waals surface area contributed by atoms with Gasteiger partial charge in [-0.3, -0.25) is 4.79 Å². The summed E-state index contributed by atoms with van der Waals surface area (Å²) in [6.07, 6.45) is 5.91. The molecule has 7 heteroatoms. The number of imidazole rings is 1. The van der Waals surface area contributed by atoms with Crippen LogP contribution in [-0.2, 0) is 11.2 Å². The van der Waals surface area contributed by atoms with Crippen molar-refractivity contribution in [1.29, 1.82) is 0 Å². The van der Waals surface area contributed by atoms with E-state index in [-0.39, 0.29) is 11.9 Å². The summed E-state index contributed by atoms with van der Waals surface area (Å²) in [7, 11) is 1.64. The minimum atomic E-state index is -0.346. The second kappa shape index (κ2) is 7.48. The van der Waals surface area contributed by atoms with Gasteiger partial charge in [-0.2, -0.15) is 0 Å². The van der Waals surface area contributed by atoms with Gasteiger partial charge in [-0.1, -0.05) is 6.92 Å². The first-order chi connectivity index (χ1) is 12.1. The molecule has 1 aromatic carbocycles. The van der Waals surface area contributed by atoms with Crippen molar-refractivity contribution in [1.82, 2.24) is 14.5 Å². The highest BCUT2D eigenvalue weighted by molar-refractivity contribution is 7.16. The maximum absolute atomic E-state index is 12.4.